The number of anilines is 1. The van der Waals surface area contributed by atoms with E-state index in [1.165, 1.54) is 5.39 Å². The van der Waals surface area contributed by atoms with Gasteiger partial charge in [-0.2, -0.15) is 0 Å². The molecule has 4 unspecified atom stereocenters. The molecule has 1 aliphatic heterocycles. The lowest BCUT2D eigenvalue weighted by atomic mass is 9.72. The van der Waals surface area contributed by atoms with Crippen molar-refractivity contribution >= 4 is 16.6 Å². The van der Waals surface area contributed by atoms with Gasteiger partial charge in [0, 0.05) is 30.1 Å². The van der Waals surface area contributed by atoms with Gasteiger partial charge < -0.3 is 15.8 Å². The number of rotatable bonds is 2. The molecule has 0 radical (unpaired) electrons. The molecule has 1 aromatic carbocycles. The summed E-state index contributed by atoms with van der Waals surface area (Å²) in [5, 5.41) is 5.81. The first kappa shape index (κ1) is 11.2. The molecule has 1 saturated carbocycles. The lowest BCUT2D eigenvalue weighted by molar-refractivity contribution is 0.00529. The molecule has 2 fully saturated rings. The molecule has 4 atom stereocenters. The molecule has 1 aromatic heterocycles. The van der Waals surface area contributed by atoms with Crippen LogP contribution in [0.4, 0.5) is 5.82 Å². The Labute approximate surface area is 112 Å². The molecule has 4 nitrogen and oxygen atoms in total. The molecule has 4 rings (SSSR count). The van der Waals surface area contributed by atoms with Crippen molar-refractivity contribution in [2.75, 3.05) is 11.9 Å². The van der Waals surface area contributed by atoms with Crippen LogP contribution in [0.1, 0.15) is 6.42 Å². The number of benzene rings is 1. The average Bonchev–Trinajstić information content (AvgIpc) is 2.89. The molecule has 0 bridgehead atoms. The van der Waals surface area contributed by atoms with Crippen molar-refractivity contribution in [2.24, 2.45) is 11.7 Å². The molecular weight excluding hydrogens is 238 g/mol. The zero-order valence-corrected chi connectivity index (χ0v) is 10.6. The van der Waals surface area contributed by atoms with E-state index in [-0.39, 0.29) is 18.2 Å². The number of fused-ring (bicyclic) bond motifs is 2. The fraction of sp³-hybridized carbons (Fsp3) is 0.400. The van der Waals surface area contributed by atoms with E-state index in [1.807, 2.05) is 24.4 Å². The summed E-state index contributed by atoms with van der Waals surface area (Å²) in [7, 11) is 0. The van der Waals surface area contributed by atoms with Gasteiger partial charge in [0.05, 0.1) is 12.1 Å². The summed E-state index contributed by atoms with van der Waals surface area (Å²) in [4.78, 5) is 4.46. The molecular formula is C15H17N3O. The summed E-state index contributed by atoms with van der Waals surface area (Å²) in [6, 6.07) is 10.6. The maximum Gasteiger partial charge on any atom is 0.134 e. The normalized spacial score (nSPS) is 32.9. The number of nitrogens with one attached hydrogen (secondary N) is 1. The highest BCUT2D eigenvalue weighted by molar-refractivity contribution is 5.91. The number of aromatic nitrogens is 1. The van der Waals surface area contributed by atoms with Crippen molar-refractivity contribution < 1.29 is 4.74 Å². The molecule has 19 heavy (non-hydrogen) atoms. The van der Waals surface area contributed by atoms with Crippen molar-refractivity contribution in [3.05, 3.63) is 36.5 Å². The van der Waals surface area contributed by atoms with E-state index in [9.17, 15) is 0 Å². The molecule has 0 spiro atoms. The lowest BCUT2D eigenvalue weighted by Crippen LogP contribution is -2.65. The Morgan fingerprint density at radius 3 is 3.11 bits per heavy atom. The van der Waals surface area contributed by atoms with Crippen LogP contribution in [0.5, 0.6) is 0 Å². The predicted octanol–water partition coefficient (Wildman–Crippen LogP) is 1.76. The van der Waals surface area contributed by atoms with Gasteiger partial charge in [-0.25, -0.2) is 4.98 Å². The molecule has 4 heteroatoms. The summed E-state index contributed by atoms with van der Waals surface area (Å²) < 4.78 is 5.75. The van der Waals surface area contributed by atoms with Gasteiger partial charge in [-0.1, -0.05) is 24.3 Å². The molecule has 1 saturated heterocycles. The second-order valence-corrected chi connectivity index (χ2v) is 5.42. The largest absolute Gasteiger partial charge is 0.376 e. The number of ether oxygens (including phenoxy) is 1. The van der Waals surface area contributed by atoms with Gasteiger partial charge >= 0.3 is 0 Å². The lowest BCUT2D eigenvalue weighted by Gasteiger charge is -2.45. The topological polar surface area (TPSA) is 60.2 Å². The summed E-state index contributed by atoms with van der Waals surface area (Å²) in [6.45, 7) is 0.837. The molecule has 2 heterocycles. The Morgan fingerprint density at radius 2 is 2.16 bits per heavy atom. The fourth-order valence-corrected chi connectivity index (χ4v) is 3.32. The second kappa shape index (κ2) is 4.18. The van der Waals surface area contributed by atoms with Crippen LogP contribution in [0.25, 0.3) is 10.8 Å². The van der Waals surface area contributed by atoms with Gasteiger partial charge in [-0.15, -0.1) is 0 Å². The second-order valence-electron chi connectivity index (χ2n) is 5.42. The van der Waals surface area contributed by atoms with E-state index in [1.54, 1.807) is 0 Å². The summed E-state index contributed by atoms with van der Waals surface area (Å²) in [5.41, 5.74) is 6.23. The van der Waals surface area contributed by atoms with Gasteiger partial charge in [0.25, 0.3) is 0 Å². The van der Waals surface area contributed by atoms with E-state index in [0.29, 0.717) is 5.92 Å². The first-order chi connectivity index (χ1) is 9.34. The third-order valence-corrected chi connectivity index (χ3v) is 4.42. The summed E-state index contributed by atoms with van der Waals surface area (Å²) >= 11 is 0. The van der Waals surface area contributed by atoms with Crippen molar-refractivity contribution in [1.82, 2.24) is 4.98 Å². The Bertz CT molecular complexity index is 610. The number of nitrogens with zero attached hydrogens (tertiary/aromatic N) is 1. The number of hydrogen-bond donors (Lipinski definition) is 2. The van der Waals surface area contributed by atoms with Crippen LogP contribution in [-0.4, -0.2) is 29.8 Å². The standard InChI is InChI=1S/C15H17N3O/c16-12-11-6-8-19-14(11)13(12)18-15-10-4-2-1-3-9(10)5-7-17-15/h1-5,7,11-14H,6,8,16H2,(H,17,18). The van der Waals surface area contributed by atoms with Crippen LogP contribution >= 0.6 is 0 Å². The first-order valence-corrected chi connectivity index (χ1v) is 6.82. The summed E-state index contributed by atoms with van der Waals surface area (Å²) in [5.74, 6) is 1.43. The molecule has 1 aliphatic carbocycles. The average molecular weight is 255 g/mol. The molecule has 3 N–H and O–H groups in total. The van der Waals surface area contributed by atoms with Gasteiger partial charge in [-0.05, 0) is 17.9 Å². The predicted molar refractivity (Wildman–Crippen MR) is 75.0 cm³/mol. The van der Waals surface area contributed by atoms with E-state index < -0.39 is 0 Å². The molecule has 98 valence electrons. The number of pyridine rings is 1. The Morgan fingerprint density at radius 1 is 1.26 bits per heavy atom. The Balaban J connectivity index is 1.65. The van der Waals surface area contributed by atoms with Crippen LogP contribution in [0.15, 0.2) is 36.5 Å². The Hall–Kier alpha value is -1.65. The van der Waals surface area contributed by atoms with Crippen molar-refractivity contribution in [2.45, 2.75) is 24.6 Å². The third-order valence-electron chi connectivity index (χ3n) is 4.42. The minimum absolute atomic E-state index is 0.174. The minimum atomic E-state index is 0.174. The van der Waals surface area contributed by atoms with Gasteiger partial charge in [-0.3, -0.25) is 0 Å². The van der Waals surface area contributed by atoms with Crippen LogP contribution in [0, 0.1) is 5.92 Å². The first-order valence-electron chi connectivity index (χ1n) is 6.82. The number of nitrogens with two attached hydrogens (primary N) is 1. The highest BCUT2D eigenvalue weighted by Gasteiger charge is 2.52. The minimum Gasteiger partial charge on any atom is -0.376 e. The van der Waals surface area contributed by atoms with Crippen LogP contribution < -0.4 is 11.1 Å². The molecule has 2 aliphatic rings. The quantitative estimate of drug-likeness (QED) is 0.858. The van der Waals surface area contributed by atoms with Crippen molar-refractivity contribution in [3.63, 3.8) is 0 Å². The monoisotopic (exact) mass is 255 g/mol. The van der Waals surface area contributed by atoms with E-state index in [4.69, 9.17) is 10.5 Å². The fourth-order valence-electron chi connectivity index (χ4n) is 3.32. The SMILES string of the molecule is NC1C2CCOC2C1Nc1nccc2ccccc12. The smallest absolute Gasteiger partial charge is 0.134 e. The zero-order valence-electron chi connectivity index (χ0n) is 10.6. The van der Waals surface area contributed by atoms with Gasteiger partial charge in [0.2, 0.25) is 0 Å². The van der Waals surface area contributed by atoms with Gasteiger partial charge in [0.15, 0.2) is 0 Å². The third kappa shape index (κ3) is 1.64. The van der Waals surface area contributed by atoms with Gasteiger partial charge in [0.1, 0.15) is 5.82 Å². The van der Waals surface area contributed by atoms with E-state index in [0.717, 1.165) is 24.2 Å². The van der Waals surface area contributed by atoms with Crippen molar-refractivity contribution in [3.8, 4) is 0 Å². The number of hydrogen-bond acceptors (Lipinski definition) is 4. The van der Waals surface area contributed by atoms with E-state index in [2.05, 4.69) is 22.4 Å². The van der Waals surface area contributed by atoms with Crippen LogP contribution in [-0.2, 0) is 4.74 Å². The molecule has 2 aromatic rings. The zero-order chi connectivity index (χ0) is 12.8. The summed E-state index contributed by atoms with van der Waals surface area (Å²) in [6.07, 6.45) is 3.19. The highest BCUT2D eigenvalue weighted by Crippen LogP contribution is 2.39. The molecule has 0 amide bonds. The maximum atomic E-state index is 6.23. The highest BCUT2D eigenvalue weighted by atomic mass is 16.5. The van der Waals surface area contributed by atoms with Crippen LogP contribution in [0.2, 0.25) is 0 Å². The Kier molecular flexibility index (Phi) is 2.47. The maximum absolute atomic E-state index is 6.23. The van der Waals surface area contributed by atoms with Crippen LogP contribution in [0.3, 0.4) is 0 Å². The van der Waals surface area contributed by atoms with E-state index >= 15 is 0 Å². The van der Waals surface area contributed by atoms with Crippen molar-refractivity contribution in [1.29, 1.82) is 0 Å².